The first-order chi connectivity index (χ1) is 9.66. The summed E-state index contributed by atoms with van der Waals surface area (Å²) < 4.78 is 0. The molecule has 2 aromatic rings. The average molecular weight is 272 g/mol. The highest BCUT2D eigenvalue weighted by atomic mass is 16.2. The van der Waals surface area contributed by atoms with E-state index in [1.165, 1.54) is 0 Å². The van der Waals surface area contributed by atoms with Crippen LogP contribution in [0.3, 0.4) is 0 Å². The smallest absolute Gasteiger partial charge is 0.270 e. The Morgan fingerprint density at radius 3 is 2.70 bits per heavy atom. The second-order valence-electron chi connectivity index (χ2n) is 4.98. The number of hydrogen-bond donors (Lipinski definition) is 1. The molecule has 0 atom stereocenters. The van der Waals surface area contributed by atoms with Crippen LogP contribution in [0.25, 0.3) is 0 Å². The van der Waals surface area contributed by atoms with Gasteiger partial charge in [0.2, 0.25) is 0 Å². The van der Waals surface area contributed by atoms with Gasteiger partial charge >= 0.3 is 0 Å². The molecule has 0 saturated carbocycles. The van der Waals surface area contributed by atoms with E-state index in [2.05, 4.69) is 14.9 Å². The van der Waals surface area contributed by atoms with Crippen LogP contribution in [-0.2, 0) is 6.54 Å². The fourth-order valence-corrected chi connectivity index (χ4v) is 1.92. The molecule has 2 aromatic heterocycles. The molecule has 5 nitrogen and oxygen atoms in total. The molecule has 2 heterocycles. The van der Waals surface area contributed by atoms with E-state index in [0.29, 0.717) is 18.8 Å². The van der Waals surface area contributed by atoms with Crippen LogP contribution >= 0.6 is 0 Å². The van der Waals surface area contributed by atoms with Crippen molar-refractivity contribution in [3.63, 3.8) is 0 Å². The number of hydrogen-bond acceptors (Lipinski definition) is 3. The average Bonchev–Trinajstić information content (AvgIpc) is 2.97. The summed E-state index contributed by atoms with van der Waals surface area (Å²) in [5.74, 6) is 0.0145. The predicted molar refractivity (Wildman–Crippen MR) is 78.3 cm³/mol. The zero-order valence-corrected chi connectivity index (χ0v) is 11.9. The summed E-state index contributed by atoms with van der Waals surface area (Å²) in [7, 11) is 4.00. The van der Waals surface area contributed by atoms with E-state index in [1.54, 1.807) is 24.7 Å². The largest absolute Gasteiger partial charge is 0.357 e. The molecule has 5 heteroatoms. The van der Waals surface area contributed by atoms with Gasteiger partial charge in [0.05, 0.1) is 0 Å². The van der Waals surface area contributed by atoms with Crippen molar-refractivity contribution in [3.05, 3.63) is 54.1 Å². The zero-order valence-electron chi connectivity index (χ0n) is 11.9. The number of pyridine rings is 1. The Hall–Kier alpha value is -2.14. The van der Waals surface area contributed by atoms with Crippen molar-refractivity contribution in [2.45, 2.75) is 6.54 Å². The minimum absolute atomic E-state index is 0.0145. The van der Waals surface area contributed by atoms with Crippen LogP contribution in [-0.4, -0.2) is 52.9 Å². The normalized spacial score (nSPS) is 10.8. The van der Waals surface area contributed by atoms with Crippen LogP contribution in [0.4, 0.5) is 0 Å². The van der Waals surface area contributed by atoms with Gasteiger partial charge in [-0.25, -0.2) is 0 Å². The lowest BCUT2D eigenvalue weighted by atomic mass is 10.2. The lowest BCUT2D eigenvalue weighted by Crippen LogP contribution is -2.36. The maximum Gasteiger partial charge on any atom is 0.270 e. The van der Waals surface area contributed by atoms with E-state index < -0.39 is 0 Å². The van der Waals surface area contributed by atoms with Gasteiger partial charge in [0.15, 0.2) is 0 Å². The number of nitrogens with zero attached hydrogens (tertiary/aromatic N) is 3. The third-order valence-corrected chi connectivity index (χ3v) is 3.03. The highest BCUT2D eigenvalue weighted by Gasteiger charge is 2.16. The summed E-state index contributed by atoms with van der Waals surface area (Å²) in [4.78, 5) is 23.5. The van der Waals surface area contributed by atoms with E-state index >= 15 is 0 Å². The van der Waals surface area contributed by atoms with Gasteiger partial charge < -0.3 is 14.8 Å². The molecule has 0 spiro atoms. The summed E-state index contributed by atoms with van der Waals surface area (Å²) in [6.07, 6.45) is 5.30. The maximum absolute atomic E-state index is 12.5. The summed E-state index contributed by atoms with van der Waals surface area (Å²) in [6.45, 7) is 2.08. The van der Waals surface area contributed by atoms with E-state index in [9.17, 15) is 4.79 Å². The number of aromatic nitrogens is 2. The molecule has 0 bridgehead atoms. The summed E-state index contributed by atoms with van der Waals surface area (Å²) in [5, 5.41) is 0. The lowest BCUT2D eigenvalue weighted by molar-refractivity contribution is 0.0726. The van der Waals surface area contributed by atoms with Crippen molar-refractivity contribution in [3.8, 4) is 0 Å². The Morgan fingerprint density at radius 2 is 2.10 bits per heavy atom. The van der Waals surface area contributed by atoms with E-state index in [4.69, 9.17) is 0 Å². The Balaban J connectivity index is 2.10. The summed E-state index contributed by atoms with van der Waals surface area (Å²) in [5.41, 5.74) is 1.65. The van der Waals surface area contributed by atoms with E-state index in [-0.39, 0.29) is 5.91 Å². The van der Waals surface area contributed by atoms with Gasteiger partial charge in [-0.3, -0.25) is 9.78 Å². The van der Waals surface area contributed by atoms with Crippen LogP contribution in [0, 0.1) is 0 Å². The Labute approximate surface area is 119 Å². The lowest BCUT2D eigenvalue weighted by Gasteiger charge is -2.24. The van der Waals surface area contributed by atoms with Crippen LogP contribution in [0.2, 0.25) is 0 Å². The third-order valence-electron chi connectivity index (χ3n) is 3.03. The molecule has 0 aliphatic rings. The molecule has 0 aliphatic heterocycles. The fraction of sp³-hybridized carbons (Fsp3) is 0.333. The van der Waals surface area contributed by atoms with Crippen LogP contribution in [0.5, 0.6) is 0 Å². The Kier molecular flexibility index (Phi) is 4.90. The number of H-pyrrole nitrogens is 1. The number of aromatic amines is 1. The number of carbonyl (C=O) groups is 1. The predicted octanol–water partition coefficient (Wildman–Crippen LogP) is 1.61. The van der Waals surface area contributed by atoms with Gasteiger partial charge in [-0.2, -0.15) is 0 Å². The second kappa shape index (κ2) is 6.86. The Morgan fingerprint density at radius 1 is 1.25 bits per heavy atom. The van der Waals surface area contributed by atoms with Gasteiger partial charge in [-0.1, -0.05) is 6.07 Å². The van der Waals surface area contributed by atoms with Crippen molar-refractivity contribution in [1.82, 2.24) is 19.8 Å². The van der Waals surface area contributed by atoms with E-state index in [0.717, 1.165) is 12.1 Å². The molecular formula is C15H20N4O. The SMILES string of the molecule is CN(C)CCN(Cc1cccnc1)C(=O)c1ccc[nH]1. The molecule has 1 amide bonds. The van der Waals surface area contributed by atoms with Gasteiger partial charge in [0.1, 0.15) is 5.69 Å². The number of nitrogens with one attached hydrogen (secondary N) is 1. The fourth-order valence-electron chi connectivity index (χ4n) is 1.92. The molecule has 0 unspecified atom stereocenters. The third kappa shape index (κ3) is 3.93. The van der Waals surface area contributed by atoms with Crippen LogP contribution in [0.15, 0.2) is 42.9 Å². The summed E-state index contributed by atoms with van der Waals surface area (Å²) in [6, 6.07) is 7.51. The molecule has 0 saturated heterocycles. The topological polar surface area (TPSA) is 52.2 Å². The van der Waals surface area contributed by atoms with Crippen molar-refractivity contribution in [1.29, 1.82) is 0 Å². The number of likely N-dealkylation sites (N-methyl/N-ethyl adjacent to an activating group) is 1. The number of carbonyl (C=O) groups excluding carboxylic acids is 1. The van der Waals surface area contributed by atoms with Crippen molar-refractivity contribution in [2.24, 2.45) is 0 Å². The molecule has 106 valence electrons. The standard InChI is InChI=1S/C15H20N4O/c1-18(2)9-10-19(12-13-5-3-7-16-11-13)15(20)14-6-4-8-17-14/h3-8,11,17H,9-10,12H2,1-2H3. The molecule has 1 N–H and O–H groups in total. The van der Waals surface area contributed by atoms with Crippen molar-refractivity contribution < 1.29 is 4.79 Å². The van der Waals surface area contributed by atoms with Gasteiger partial charge in [0.25, 0.3) is 5.91 Å². The minimum atomic E-state index is 0.0145. The quantitative estimate of drug-likeness (QED) is 0.869. The molecule has 0 radical (unpaired) electrons. The molecule has 20 heavy (non-hydrogen) atoms. The highest BCUT2D eigenvalue weighted by molar-refractivity contribution is 5.92. The first-order valence-electron chi connectivity index (χ1n) is 6.63. The molecular weight excluding hydrogens is 252 g/mol. The van der Waals surface area contributed by atoms with Gasteiger partial charge in [-0.05, 0) is 37.9 Å². The first kappa shape index (κ1) is 14.3. The van der Waals surface area contributed by atoms with Crippen molar-refractivity contribution >= 4 is 5.91 Å². The second-order valence-corrected chi connectivity index (χ2v) is 4.98. The number of rotatable bonds is 6. The highest BCUT2D eigenvalue weighted by Crippen LogP contribution is 2.08. The monoisotopic (exact) mass is 272 g/mol. The minimum Gasteiger partial charge on any atom is -0.357 e. The molecule has 2 rings (SSSR count). The Bertz CT molecular complexity index is 522. The molecule has 0 fully saturated rings. The van der Waals surface area contributed by atoms with Crippen LogP contribution in [0.1, 0.15) is 16.1 Å². The van der Waals surface area contributed by atoms with E-state index in [1.807, 2.05) is 37.2 Å². The first-order valence-corrected chi connectivity index (χ1v) is 6.63. The van der Waals surface area contributed by atoms with Gasteiger partial charge in [-0.15, -0.1) is 0 Å². The van der Waals surface area contributed by atoms with Crippen LogP contribution < -0.4 is 0 Å². The zero-order chi connectivity index (χ0) is 14.4. The maximum atomic E-state index is 12.5. The molecule has 0 aromatic carbocycles. The van der Waals surface area contributed by atoms with Crippen molar-refractivity contribution in [2.75, 3.05) is 27.2 Å². The molecule has 0 aliphatic carbocycles. The number of amides is 1. The summed E-state index contributed by atoms with van der Waals surface area (Å²) >= 11 is 0. The van der Waals surface area contributed by atoms with Gasteiger partial charge in [0, 0.05) is 38.2 Å².